The Kier molecular flexibility index (Phi) is 3.46. The van der Waals surface area contributed by atoms with E-state index in [0.717, 1.165) is 38.2 Å². The van der Waals surface area contributed by atoms with E-state index < -0.39 is 0 Å². The van der Waals surface area contributed by atoms with Crippen molar-refractivity contribution in [3.63, 3.8) is 0 Å². The Bertz CT molecular complexity index is 228. The zero-order chi connectivity index (χ0) is 10.8. The van der Waals surface area contributed by atoms with Crippen molar-refractivity contribution >= 4 is 0 Å². The molecule has 1 N–H and O–H groups in total. The lowest BCUT2D eigenvalue weighted by molar-refractivity contribution is 0.0524. The van der Waals surface area contributed by atoms with Crippen LogP contribution in [0.2, 0.25) is 0 Å². The second-order valence-electron chi connectivity index (χ2n) is 5.54. The van der Waals surface area contributed by atoms with Gasteiger partial charge in [-0.3, -0.25) is 0 Å². The van der Waals surface area contributed by atoms with Gasteiger partial charge in [0.1, 0.15) is 0 Å². The van der Waals surface area contributed by atoms with E-state index in [1.165, 1.54) is 32.1 Å². The third kappa shape index (κ3) is 2.27. The first-order valence-corrected chi connectivity index (χ1v) is 6.86. The summed E-state index contributed by atoms with van der Waals surface area (Å²) in [6.45, 7) is 4.06. The maximum atomic E-state index is 5.79. The van der Waals surface area contributed by atoms with E-state index in [0.29, 0.717) is 12.1 Å². The summed E-state index contributed by atoms with van der Waals surface area (Å²) in [5.74, 6) is 1.54. The fourth-order valence-electron chi connectivity index (χ4n) is 3.49. The van der Waals surface area contributed by atoms with Gasteiger partial charge in [0, 0.05) is 31.7 Å². The summed E-state index contributed by atoms with van der Waals surface area (Å²) < 4.78 is 11.2. The molecule has 0 radical (unpaired) electrons. The molecule has 2 saturated heterocycles. The van der Waals surface area contributed by atoms with Crippen molar-refractivity contribution in [3.8, 4) is 0 Å². The van der Waals surface area contributed by atoms with Crippen LogP contribution in [-0.4, -0.2) is 38.5 Å². The highest BCUT2D eigenvalue weighted by Gasteiger charge is 2.37. The number of nitrogens with one attached hydrogen (secondary N) is 1. The third-order valence-electron chi connectivity index (χ3n) is 4.47. The van der Waals surface area contributed by atoms with Crippen LogP contribution in [0.1, 0.15) is 32.1 Å². The summed E-state index contributed by atoms with van der Waals surface area (Å²) >= 11 is 0. The van der Waals surface area contributed by atoms with Gasteiger partial charge < -0.3 is 14.8 Å². The van der Waals surface area contributed by atoms with E-state index in [1.807, 2.05) is 0 Å². The van der Waals surface area contributed by atoms with Gasteiger partial charge in [0.2, 0.25) is 0 Å². The van der Waals surface area contributed by atoms with Gasteiger partial charge in [-0.05, 0) is 38.0 Å². The fourth-order valence-corrected chi connectivity index (χ4v) is 3.49. The lowest BCUT2D eigenvalue weighted by atomic mass is 9.81. The lowest BCUT2D eigenvalue weighted by Crippen LogP contribution is -2.44. The average molecular weight is 225 g/mol. The number of hydrogen-bond donors (Lipinski definition) is 1. The topological polar surface area (TPSA) is 30.5 Å². The van der Waals surface area contributed by atoms with E-state index in [9.17, 15) is 0 Å². The van der Waals surface area contributed by atoms with Gasteiger partial charge in [0.15, 0.2) is 0 Å². The molecule has 92 valence electrons. The SMILES string of the molecule is C1CC(NCC2CCOC2)C2CCOC2C1. The van der Waals surface area contributed by atoms with Gasteiger partial charge in [0.25, 0.3) is 0 Å². The molecule has 3 fully saturated rings. The van der Waals surface area contributed by atoms with E-state index in [1.54, 1.807) is 0 Å². The van der Waals surface area contributed by atoms with Crippen molar-refractivity contribution in [3.05, 3.63) is 0 Å². The molecule has 3 aliphatic rings. The first-order chi connectivity index (χ1) is 7.93. The molecule has 0 aromatic carbocycles. The molecule has 4 atom stereocenters. The maximum Gasteiger partial charge on any atom is 0.0619 e. The van der Waals surface area contributed by atoms with Gasteiger partial charge >= 0.3 is 0 Å². The summed E-state index contributed by atoms with van der Waals surface area (Å²) in [6.07, 6.45) is 7.03. The van der Waals surface area contributed by atoms with Crippen molar-refractivity contribution in [2.75, 3.05) is 26.4 Å². The molecular formula is C13H23NO2. The van der Waals surface area contributed by atoms with Gasteiger partial charge in [0.05, 0.1) is 12.7 Å². The predicted octanol–water partition coefficient (Wildman–Crippen LogP) is 1.57. The Morgan fingerprint density at radius 3 is 2.94 bits per heavy atom. The highest BCUT2D eigenvalue weighted by molar-refractivity contribution is 4.91. The van der Waals surface area contributed by atoms with Crippen LogP contribution in [0.15, 0.2) is 0 Å². The Balaban J connectivity index is 1.49. The number of rotatable bonds is 3. The monoisotopic (exact) mass is 225 g/mol. The van der Waals surface area contributed by atoms with Crippen LogP contribution < -0.4 is 5.32 Å². The van der Waals surface area contributed by atoms with Crippen LogP contribution in [0.25, 0.3) is 0 Å². The van der Waals surface area contributed by atoms with Crippen LogP contribution in [0, 0.1) is 11.8 Å². The summed E-state index contributed by atoms with van der Waals surface area (Å²) in [5, 5.41) is 3.77. The second kappa shape index (κ2) is 5.03. The largest absolute Gasteiger partial charge is 0.381 e. The molecule has 0 aromatic rings. The number of hydrogen-bond acceptors (Lipinski definition) is 3. The second-order valence-corrected chi connectivity index (χ2v) is 5.54. The van der Waals surface area contributed by atoms with Crippen LogP contribution in [-0.2, 0) is 9.47 Å². The minimum atomic E-state index is 0.561. The normalized spacial score (nSPS) is 43.5. The molecule has 4 unspecified atom stereocenters. The summed E-state index contributed by atoms with van der Waals surface area (Å²) in [5.41, 5.74) is 0. The van der Waals surface area contributed by atoms with Gasteiger partial charge in [-0.25, -0.2) is 0 Å². The average Bonchev–Trinajstić information content (AvgIpc) is 2.97. The van der Waals surface area contributed by atoms with Crippen LogP contribution in [0.3, 0.4) is 0 Å². The smallest absolute Gasteiger partial charge is 0.0619 e. The van der Waals surface area contributed by atoms with Crippen molar-refractivity contribution in [2.24, 2.45) is 11.8 Å². The fraction of sp³-hybridized carbons (Fsp3) is 1.00. The Labute approximate surface area is 97.9 Å². The molecule has 3 rings (SSSR count). The zero-order valence-corrected chi connectivity index (χ0v) is 9.99. The molecule has 2 heterocycles. The summed E-state index contributed by atoms with van der Waals surface area (Å²) in [4.78, 5) is 0. The third-order valence-corrected chi connectivity index (χ3v) is 4.47. The van der Waals surface area contributed by atoms with Crippen LogP contribution in [0.5, 0.6) is 0 Å². The standard InChI is InChI=1S/C13H23NO2/c1-2-12(11-5-7-16-13(11)3-1)14-8-10-4-6-15-9-10/h10-14H,1-9H2. The Morgan fingerprint density at radius 2 is 2.06 bits per heavy atom. The molecule has 0 bridgehead atoms. The molecule has 3 nitrogen and oxygen atoms in total. The first kappa shape index (κ1) is 11.0. The molecule has 0 amide bonds. The summed E-state index contributed by atoms with van der Waals surface area (Å²) in [7, 11) is 0. The molecule has 3 heteroatoms. The van der Waals surface area contributed by atoms with Crippen LogP contribution >= 0.6 is 0 Å². The van der Waals surface area contributed by atoms with E-state index in [-0.39, 0.29) is 0 Å². The van der Waals surface area contributed by atoms with Crippen molar-refractivity contribution in [1.29, 1.82) is 0 Å². The molecule has 1 aliphatic carbocycles. The number of fused-ring (bicyclic) bond motifs is 1. The maximum absolute atomic E-state index is 5.79. The molecule has 0 spiro atoms. The lowest BCUT2D eigenvalue weighted by Gasteiger charge is -2.34. The molecular weight excluding hydrogens is 202 g/mol. The Morgan fingerprint density at radius 1 is 1.06 bits per heavy atom. The van der Waals surface area contributed by atoms with Crippen molar-refractivity contribution in [1.82, 2.24) is 5.32 Å². The van der Waals surface area contributed by atoms with Crippen molar-refractivity contribution in [2.45, 2.75) is 44.2 Å². The van der Waals surface area contributed by atoms with E-state index >= 15 is 0 Å². The van der Waals surface area contributed by atoms with E-state index in [4.69, 9.17) is 9.47 Å². The first-order valence-electron chi connectivity index (χ1n) is 6.86. The molecule has 1 saturated carbocycles. The van der Waals surface area contributed by atoms with Crippen LogP contribution in [0.4, 0.5) is 0 Å². The predicted molar refractivity (Wildman–Crippen MR) is 62.4 cm³/mol. The van der Waals surface area contributed by atoms with E-state index in [2.05, 4.69) is 5.32 Å². The highest BCUT2D eigenvalue weighted by atomic mass is 16.5. The van der Waals surface area contributed by atoms with Gasteiger partial charge in [-0.2, -0.15) is 0 Å². The van der Waals surface area contributed by atoms with Gasteiger partial charge in [-0.1, -0.05) is 0 Å². The molecule has 2 aliphatic heterocycles. The minimum absolute atomic E-state index is 0.561. The number of ether oxygens (including phenoxy) is 2. The van der Waals surface area contributed by atoms with Crippen molar-refractivity contribution < 1.29 is 9.47 Å². The zero-order valence-electron chi connectivity index (χ0n) is 9.99. The minimum Gasteiger partial charge on any atom is -0.381 e. The highest BCUT2D eigenvalue weighted by Crippen LogP contribution is 2.34. The quantitative estimate of drug-likeness (QED) is 0.791. The van der Waals surface area contributed by atoms with Gasteiger partial charge in [-0.15, -0.1) is 0 Å². The Hall–Kier alpha value is -0.120. The molecule has 0 aromatic heterocycles. The summed E-state index contributed by atoms with van der Waals surface area (Å²) in [6, 6.07) is 0.710. The molecule has 16 heavy (non-hydrogen) atoms.